The van der Waals surface area contributed by atoms with Crippen molar-refractivity contribution in [2.24, 2.45) is 0 Å². The molecule has 0 atom stereocenters. The Morgan fingerprint density at radius 2 is 1.82 bits per heavy atom. The normalized spacial score (nSPS) is 16.4. The van der Waals surface area contributed by atoms with Crippen molar-refractivity contribution in [2.45, 2.75) is 39.2 Å². The van der Waals surface area contributed by atoms with E-state index in [2.05, 4.69) is 10.6 Å². The van der Waals surface area contributed by atoms with Crippen molar-refractivity contribution in [2.75, 3.05) is 13.1 Å². The minimum Gasteiger partial charge on any atom is -0.478 e. The summed E-state index contributed by atoms with van der Waals surface area (Å²) >= 11 is 0. The van der Waals surface area contributed by atoms with E-state index in [4.69, 9.17) is 5.11 Å². The van der Waals surface area contributed by atoms with Crippen molar-refractivity contribution in [3.8, 4) is 0 Å². The molecule has 1 aliphatic carbocycles. The molecule has 17 heavy (non-hydrogen) atoms. The predicted molar refractivity (Wildman–Crippen MR) is 64.7 cm³/mol. The maximum Gasteiger partial charge on any atom is 0.331 e. The van der Waals surface area contributed by atoms with Crippen molar-refractivity contribution in [3.05, 3.63) is 11.1 Å². The van der Waals surface area contributed by atoms with Crippen LogP contribution in [-0.2, 0) is 9.59 Å². The van der Waals surface area contributed by atoms with Crippen LogP contribution in [0.5, 0.6) is 0 Å². The van der Waals surface area contributed by atoms with Gasteiger partial charge in [-0.05, 0) is 39.7 Å². The van der Waals surface area contributed by atoms with Gasteiger partial charge in [-0.2, -0.15) is 0 Å². The van der Waals surface area contributed by atoms with Crippen LogP contribution < -0.4 is 10.6 Å². The Bertz CT molecular complexity index is 333. The fourth-order valence-corrected chi connectivity index (χ4v) is 1.35. The topological polar surface area (TPSA) is 78.4 Å². The lowest BCUT2D eigenvalue weighted by Crippen LogP contribution is -2.29. The zero-order chi connectivity index (χ0) is 12.8. The van der Waals surface area contributed by atoms with Crippen molar-refractivity contribution in [1.29, 1.82) is 0 Å². The quantitative estimate of drug-likeness (QED) is 0.451. The molecule has 0 spiro atoms. The summed E-state index contributed by atoms with van der Waals surface area (Å²) in [5.74, 6) is -1.34. The highest BCUT2D eigenvalue weighted by Crippen LogP contribution is 2.18. The number of rotatable bonds is 7. The van der Waals surface area contributed by atoms with Crippen LogP contribution in [0.25, 0.3) is 0 Å². The Labute approximate surface area is 101 Å². The van der Waals surface area contributed by atoms with E-state index >= 15 is 0 Å². The van der Waals surface area contributed by atoms with Crippen molar-refractivity contribution in [3.63, 3.8) is 0 Å². The first-order valence-electron chi connectivity index (χ1n) is 5.94. The van der Waals surface area contributed by atoms with E-state index in [-0.39, 0.29) is 17.1 Å². The molecule has 0 aromatic rings. The summed E-state index contributed by atoms with van der Waals surface area (Å²) in [6.45, 7) is 4.43. The largest absolute Gasteiger partial charge is 0.478 e. The Kier molecular flexibility index (Phi) is 5.15. The van der Waals surface area contributed by atoms with Gasteiger partial charge in [-0.1, -0.05) is 0 Å². The van der Waals surface area contributed by atoms with E-state index in [1.807, 2.05) is 0 Å². The summed E-state index contributed by atoms with van der Waals surface area (Å²) in [6.07, 6.45) is 3.37. The summed E-state index contributed by atoms with van der Waals surface area (Å²) in [5, 5.41) is 14.8. The molecule has 0 radical (unpaired) electrons. The molecule has 1 rings (SSSR count). The van der Waals surface area contributed by atoms with Crippen LogP contribution in [0.2, 0.25) is 0 Å². The maximum absolute atomic E-state index is 11.5. The highest BCUT2D eigenvalue weighted by molar-refractivity contribution is 6.01. The van der Waals surface area contributed by atoms with Gasteiger partial charge in [0.05, 0.1) is 0 Å². The van der Waals surface area contributed by atoms with Gasteiger partial charge in [0.15, 0.2) is 0 Å². The summed E-state index contributed by atoms with van der Waals surface area (Å²) in [6, 6.07) is 0.682. The average molecular weight is 240 g/mol. The van der Waals surface area contributed by atoms with Crippen LogP contribution in [0.15, 0.2) is 11.1 Å². The molecule has 0 aromatic heterocycles. The third-order valence-electron chi connectivity index (χ3n) is 2.87. The minimum atomic E-state index is -1.05. The highest BCUT2D eigenvalue weighted by atomic mass is 16.4. The standard InChI is InChI=1S/C12H20N2O3/c1-8(9(2)12(16)17)11(15)14-7-3-6-13-10-4-5-10/h10,13H,3-7H2,1-2H3,(H,14,15)(H,16,17). The van der Waals surface area contributed by atoms with Gasteiger partial charge in [0, 0.05) is 23.7 Å². The summed E-state index contributed by atoms with van der Waals surface area (Å²) in [5.41, 5.74) is 0.367. The number of carbonyl (C=O) groups is 2. The maximum atomic E-state index is 11.5. The number of carboxylic acid groups (broad SMARTS) is 1. The smallest absolute Gasteiger partial charge is 0.331 e. The van der Waals surface area contributed by atoms with Crippen LogP contribution in [0.4, 0.5) is 0 Å². The molecule has 1 saturated carbocycles. The fourth-order valence-electron chi connectivity index (χ4n) is 1.35. The van der Waals surface area contributed by atoms with Crippen LogP contribution in [0.1, 0.15) is 33.1 Å². The van der Waals surface area contributed by atoms with Gasteiger partial charge in [0.1, 0.15) is 0 Å². The molecule has 0 aromatic carbocycles. The Morgan fingerprint density at radius 3 is 2.35 bits per heavy atom. The second-order valence-corrected chi connectivity index (χ2v) is 4.39. The molecule has 1 aliphatic rings. The molecular weight excluding hydrogens is 220 g/mol. The Balaban J connectivity index is 2.18. The van der Waals surface area contributed by atoms with E-state index in [1.54, 1.807) is 0 Å². The number of amides is 1. The molecule has 0 saturated heterocycles. The van der Waals surface area contributed by atoms with Gasteiger partial charge in [0.25, 0.3) is 0 Å². The molecule has 1 amide bonds. The summed E-state index contributed by atoms with van der Waals surface area (Å²) in [7, 11) is 0. The lowest BCUT2D eigenvalue weighted by Gasteiger charge is -2.07. The van der Waals surface area contributed by atoms with Crippen LogP contribution >= 0.6 is 0 Å². The van der Waals surface area contributed by atoms with E-state index in [0.29, 0.717) is 12.6 Å². The van der Waals surface area contributed by atoms with Gasteiger partial charge in [-0.3, -0.25) is 4.79 Å². The van der Waals surface area contributed by atoms with Gasteiger partial charge < -0.3 is 15.7 Å². The predicted octanol–water partition coefficient (Wildman–Crippen LogP) is 0.666. The zero-order valence-corrected chi connectivity index (χ0v) is 10.4. The third-order valence-corrected chi connectivity index (χ3v) is 2.87. The van der Waals surface area contributed by atoms with Crippen molar-refractivity contribution >= 4 is 11.9 Å². The van der Waals surface area contributed by atoms with Gasteiger partial charge >= 0.3 is 5.97 Å². The molecule has 0 aliphatic heterocycles. The monoisotopic (exact) mass is 240 g/mol. The molecule has 96 valence electrons. The average Bonchev–Trinajstić information content (AvgIpc) is 3.10. The molecule has 5 heteroatoms. The molecular formula is C12H20N2O3. The molecule has 0 heterocycles. The number of hydrogen-bond donors (Lipinski definition) is 3. The number of hydrogen-bond acceptors (Lipinski definition) is 3. The number of carbonyl (C=O) groups excluding carboxylic acids is 1. The lowest BCUT2D eigenvalue weighted by molar-refractivity contribution is -0.133. The minimum absolute atomic E-state index is 0.0959. The van der Waals surface area contributed by atoms with Crippen LogP contribution in [0.3, 0.4) is 0 Å². The fraction of sp³-hybridized carbons (Fsp3) is 0.667. The summed E-state index contributed by atoms with van der Waals surface area (Å²) in [4.78, 5) is 22.2. The SMILES string of the molecule is CC(C(=O)O)=C(C)C(=O)NCCCNC1CC1. The van der Waals surface area contributed by atoms with Crippen LogP contribution in [-0.4, -0.2) is 36.1 Å². The van der Waals surface area contributed by atoms with Gasteiger partial charge in [-0.25, -0.2) is 4.79 Å². The first-order valence-corrected chi connectivity index (χ1v) is 5.94. The van der Waals surface area contributed by atoms with Crippen molar-refractivity contribution < 1.29 is 14.7 Å². The van der Waals surface area contributed by atoms with Crippen molar-refractivity contribution in [1.82, 2.24) is 10.6 Å². The number of aliphatic carboxylic acids is 1. The Morgan fingerprint density at radius 1 is 1.18 bits per heavy atom. The second-order valence-electron chi connectivity index (χ2n) is 4.39. The van der Waals surface area contributed by atoms with E-state index < -0.39 is 5.97 Å². The number of carboxylic acids is 1. The number of nitrogens with one attached hydrogen (secondary N) is 2. The van der Waals surface area contributed by atoms with E-state index in [0.717, 1.165) is 13.0 Å². The lowest BCUT2D eigenvalue weighted by atomic mass is 10.1. The molecule has 5 nitrogen and oxygen atoms in total. The van der Waals surface area contributed by atoms with Crippen LogP contribution in [0, 0.1) is 0 Å². The van der Waals surface area contributed by atoms with E-state index in [1.165, 1.54) is 26.7 Å². The molecule has 1 fully saturated rings. The highest BCUT2D eigenvalue weighted by Gasteiger charge is 2.19. The molecule has 0 unspecified atom stereocenters. The Hall–Kier alpha value is -1.36. The zero-order valence-electron chi connectivity index (χ0n) is 10.4. The van der Waals surface area contributed by atoms with Gasteiger partial charge in [-0.15, -0.1) is 0 Å². The third kappa shape index (κ3) is 4.99. The first-order chi connectivity index (χ1) is 8.02. The van der Waals surface area contributed by atoms with E-state index in [9.17, 15) is 9.59 Å². The molecule has 3 N–H and O–H groups in total. The molecule has 0 bridgehead atoms. The van der Waals surface area contributed by atoms with Gasteiger partial charge in [0.2, 0.25) is 5.91 Å². The summed E-state index contributed by atoms with van der Waals surface area (Å²) < 4.78 is 0. The first kappa shape index (κ1) is 13.7. The second kappa shape index (κ2) is 6.39.